The zero-order valence-corrected chi connectivity index (χ0v) is 10.2. The number of esters is 1. The fourth-order valence-corrected chi connectivity index (χ4v) is 1.30. The number of rotatable bonds is 2. The van der Waals surface area contributed by atoms with Gasteiger partial charge in [-0.05, 0) is 18.2 Å². The molecule has 0 N–H and O–H groups in total. The van der Waals surface area contributed by atoms with Crippen LogP contribution in [0.4, 0.5) is 13.2 Å². The molecule has 0 amide bonds. The summed E-state index contributed by atoms with van der Waals surface area (Å²) < 4.78 is 46.2. The quantitative estimate of drug-likeness (QED) is 0.474. The number of carbonyl (C=O) groups excluding carboxylic acids is 2. The van der Waals surface area contributed by atoms with Gasteiger partial charge < -0.3 is 9.26 Å². The minimum Gasteiger partial charge on any atom is -0.448 e. The van der Waals surface area contributed by atoms with E-state index in [1.54, 1.807) is 9.47 Å². The molecular weight excluding hydrogens is 272 g/mol. The van der Waals surface area contributed by atoms with Crippen molar-refractivity contribution in [3.63, 3.8) is 0 Å². The van der Waals surface area contributed by atoms with Gasteiger partial charge >= 0.3 is 18.1 Å². The molecule has 8 heteroatoms. The van der Waals surface area contributed by atoms with Crippen LogP contribution in [-0.2, 0) is 15.5 Å². The molecule has 0 radical (unpaired) electrons. The largest absolute Gasteiger partial charge is 0.448 e. The van der Waals surface area contributed by atoms with Crippen LogP contribution in [0.1, 0.15) is 22.8 Å². The van der Waals surface area contributed by atoms with Crippen LogP contribution in [0.5, 0.6) is 5.75 Å². The summed E-state index contributed by atoms with van der Waals surface area (Å²) in [5.41, 5.74) is -1.30. The van der Waals surface area contributed by atoms with Gasteiger partial charge in [0.15, 0.2) is 0 Å². The highest BCUT2D eigenvalue weighted by atomic mass is 31.0. The van der Waals surface area contributed by atoms with Gasteiger partial charge in [-0.25, -0.2) is 4.79 Å². The van der Waals surface area contributed by atoms with Crippen molar-refractivity contribution in [3.8, 4) is 5.75 Å². The van der Waals surface area contributed by atoms with Crippen LogP contribution in [0, 0.1) is 0 Å². The van der Waals surface area contributed by atoms with Gasteiger partial charge in [0.1, 0.15) is 11.3 Å². The van der Waals surface area contributed by atoms with E-state index in [0.717, 1.165) is 13.0 Å². The predicted octanol–water partition coefficient (Wildman–Crippen LogP) is 2.58. The third-order valence-corrected chi connectivity index (χ3v) is 2.10. The smallest absolute Gasteiger partial charge is 0.416 e. The van der Waals surface area contributed by atoms with Crippen molar-refractivity contribution >= 4 is 21.4 Å². The van der Waals surface area contributed by atoms with Crippen molar-refractivity contribution in [3.05, 3.63) is 29.3 Å². The Morgan fingerprint density at radius 3 is 2.33 bits per heavy atom. The molecule has 98 valence electrons. The molecule has 1 rings (SSSR count). The second-order valence-electron chi connectivity index (χ2n) is 3.21. The number of hydrogen-bond acceptors (Lipinski definition) is 4. The van der Waals surface area contributed by atoms with Gasteiger partial charge in [0, 0.05) is 6.92 Å². The van der Waals surface area contributed by atoms with Crippen LogP contribution < -0.4 is 4.74 Å². The lowest BCUT2D eigenvalue weighted by Crippen LogP contribution is -2.11. The average molecular weight is 280 g/mol. The molecule has 4 nitrogen and oxygen atoms in total. The lowest BCUT2D eigenvalue weighted by molar-refractivity contribution is -0.138. The van der Waals surface area contributed by atoms with Crippen LogP contribution >= 0.6 is 9.47 Å². The molecule has 0 fully saturated rings. The first-order valence-electron chi connectivity index (χ1n) is 4.56. The van der Waals surface area contributed by atoms with Gasteiger partial charge in [-0.1, -0.05) is 0 Å². The van der Waals surface area contributed by atoms with Gasteiger partial charge in [0.25, 0.3) is 0 Å². The molecular formula is C10H8F3O4P. The summed E-state index contributed by atoms with van der Waals surface area (Å²) in [6.45, 7) is 1.01. The molecule has 0 heterocycles. The fraction of sp³-hybridized carbons (Fsp3) is 0.200. The van der Waals surface area contributed by atoms with Crippen LogP contribution in [0.2, 0.25) is 0 Å². The van der Waals surface area contributed by atoms with E-state index in [9.17, 15) is 22.8 Å². The van der Waals surface area contributed by atoms with Gasteiger partial charge in [-0.3, -0.25) is 4.79 Å². The molecule has 0 bridgehead atoms. The summed E-state index contributed by atoms with van der Waals surface area (Å²) in [6, 6.07) is 2.15. The number of carbonyl (C=O) groups is 2. The first-order chi connectivity index (χ1) is 8.25. The molecule has 1 atom stereocenters. The normalized spacial score (nSPS) is 10.9. The van der Waals surface area contributed by atoms with Crippen molar-refractivity contribution in [2.45, 2.75) is 13.1 Å². The van der Waals surface area contributed by atoms with E-state index < -0.39 is 29.4 Å². The van der Waals surface area contributed by atoms with E-state index in [4.69, 9.17) is 0 Å². The standard InChI is InChI=1S/C10H8F3O4P/c1-5(14)16-8-4-6(10(11,12)13)2-3-7(8)9(15)17-18/h2-4H,18H2,1H3. The fourth-order valence-electron chi connectivity index (χ4n) is 1.17. The maximum Gasteiger partial charge on any atom is 0.416 e. The van der Waals surface area contributed by atoms with E-state index >= 15 is 0 Å². The van der Waals surface area contributed by atoms with E-state index in [-0.39, 0.29) is 5.56 Å². The van der Waals surface area contributed by atoms with Crippen molar-refractivity contribution < 1.29 is 32.0 Å². The first-order valence-corrected chi connectivity index (χ1v) is 5.03. The SMILES string of the molecule is CC(=O)Oc1cc(C(F)(F)F)ccc1C(=O)OP. The van der Waals surface area contributed by atoms with E-state index in [1.165, 1.54) is 0 Å². The third kappa shape index (κ3) is 3.43. The van der Waals surface area contributed by atoms with Crippen LogP contribution in [0.3, 0.4) is 0 Å². The van der Waals surface area contributed by atoms with Gasteiger partial charge in [-0.2, -0.15) is 13.2 Å². The molecule has 0 aromatic heterocycles. The molecule has 0 saturated heterocycles. The van der Waals surface area contributed by atoms with Crippen LogP contribution in [0.25, 0.3) is 0 Å². The Hall–Kier alpha value is -1.62. The highest BCUT2D eigenvalue weighted by Crippen LogP contribution is 2.33. The number of benzene rings is 1. The van der Waals surface area contributed by atoms with Crippen LogP contribution in [-0.4, -0.2) is 11.9 Å². The molecule has 0 spiro atoms. The highest BCUT2D eigenvalue weighted by Gasteiger charge is 2.32. The Bertz CT molecular complexity index is 485. The summed E-state index contributed by atoms with van der Waals surface area (Å²) in [6.07, 6.45) is -4.60. The lowest BCUT2D eigenvalue weighted by Gasteiger charge is -2.11. The zero-order chi connectivity index (χ0) is 13.9. The average Bonchev–Trinajstić information content (AvgIpc) is 2.26. The van der Waals surface area contributed by atoms with Crippen molar-refractivity contribution in [2.75, 3.05) is 0 Å². The highest BCUT2D eigenvalue weighted by molar-refractivity contribution is 7.10. The van der Waals surface area contributed by atoms with Gasteiger partial charge in [0.05, 0.1) is 15.0 Å². The van der Waals surface area contributed by atoms with Crippen molar-refractivity contribution in [1.29, 1.82) is 0 Å². The number of alkyl halides is 3. The van der Waals surface area contributed by atoms with Crippen molar-refractivity contribution in [1.82, 2.24) is 0 Å². The van der Waals surface area contributed by atoms with Gasteiger partial charge in [0.2, 0.25) is 0 Å². The number of halogens is 3. The van der Waals surface area contributed by atoms with E-state index in [1.807, 2.05) is 0 Å². The van der Waals surface area contributed by atoms with Crippen LogP contribution in [0.15, 0.2) is 18.2 Å². The molecule has 0 aliphatic heterocycles. The number of ether oxygens (including phenoxy) is 1. The van der Waals surface area contributed by atoms with Crippen molar-refractivity contribution in [2.24, 2.45) is 0 Å². The molecule has 18 heavy (non-hydrogen) atoms. The number of hydrogen-bond donors (Lipinski definition) is 0. The second kappa shape index (κ2) is 5.35. The van der Waals surface area contributed by atoms with Gasteiger partial charge in [-0.15, -0.1) is 0 Å². The minimum atomic E-state index is -4.60. The predicted molar refractivity (Wildman–Crippen MR) is 57.9 cm³/mol. The summed E-state index contributed by atoms with van der Waals surface area (Å²) in [4.78, 5) is 22.0. The molecule has 1 aromatic rings. The topological polar surface area (TPSA) is 52.6 Å². The molecule has 1 aromatic carbocycles. The maximum absolute atomic E-state index is 12.5. The van der Waals surface area contributed by atoms with E-state index in [2.05, 4.69) is 9.26 Å². The zero-order valence-electron chi connectivity index (χ0n) is 9.08. The Labute approximate surface area is 102 Å². The maximum atomic E-state index is 12.5. The third-order valence-electron chi connectivity index (χ3n) is 1.89. The Morgan fingerprint density at radius 2 is 1.89 bits per heavy atom. The molecule has 0 aliphatic rings. The Kier molecular flexibility index (Phi) is 4.29. The molecule has 0 aliphatic carbocycles. The Morgan fingerprint density at radius 1 is 1.28 bits per heavy atom. The summed E-state index contributed by atoms with van der Waals surface area (Å²) in [5.74, 6) is -2.26. The monoisotopic (exact) mass is 280 g/mol. The first kappa shape index (κ1) is 14.4. The minimum absolute atomic E-state index is 0.270. The summed E-state index contributed by atoms with van der Waals surface area (Å²) >= 11 is 0. The molecule has 0 saturated carbocycles. The second-order valence-corrected chi connectivity index (χ2v) is 3.44. The van der Waals surface area contributed by atoms with E-state index in [0.29, 0.717) is 12.1 Å². The summed E-state index contributed by atoms with van der Waals surface area (Å²) in [7, 11) is 1.66. The molecule has 1 unspecified atom stereocenters. The lowest BCUT2D eigenvalue weighted by atomic mass is 10.1. The summed E-state index contributed by atoms with van der Waals surface area (Å²) in [5, 5.41) is 0. The Balaban J connectivity index is 3.29.